The van der Waals surface area contributed by atoms with E-state index >= 15 is 0 Å². The maximum atomic E-state index is 10.6. The van der Waals surface area contributed by atoms with Crippen LogP contribution in [0.25, 0.3) is 0 Å². The van der Waals surface area contributed by atoms with Crippen LogP contribution in [0.1, 0.15) is 49.7 Å². The number of hydrogen-bond acceptors (Lipinski definition) is 4. The maximum absolute atomic E-state index is 10.6. The van der Waals surface area contributed by atoms with E-state index in [-0.39, 0.29) is 77.8 Å². The molecule has 2 aromatic carbocycles. The second kappa shape index (κ2) is 39.0. The average Bonchev–Trinajstić information content (AvgIpc) is 2.58. The summed E-state index contributed by atoms with van der Waals surface area (Å²) in [6.07, 6.45) is 1.15. The Hall–Kier alpha value is -2.25. The number of aliphatic carboxylic acids is 2. The van der Waals surface area contributed by atoms with Crippen molar-refractivity contribution < 1.29 is 74.6 Å². The van der Waals surface area contributed by atoms with E-state index in [2.05, 4.69) is 0 Å². The maximum Gasteiger partial charge on any atom is 2.00 e. The standard InChI is InChI=1S/2C10H12O2.Mg.10H2O/c2*1-2-9(10(11)12)8-6-4-3-5-7-8;;;;;;;;;;;/h2*3-7,9H,2H2,1H3,(H,11,12);;10*1H2/q;;+2;;;;;;;;;;/p-2. The van der Waals surface area contributed by atoms with Crippen molar-refractivity contribution in [3.05, 3.63) is 71.8 Å². The molecule has 14 nitrogen and oxygen atoms in total. The van der Waals surface area contributed by atoms with Gasteiger partial charge < -0.3 is 74.6 Å². The van der Waals surface area contributed by atoms with Crippen molar-refractivity contribution in [1.82, 2.24) is 0 Å². The minimum atomic E-state index is -0.997. The summed E-state index contributed by atoms with van der Waals surface area (Å²) in [6.45, 7) is 3.68. The number of carbonyl (C=O) groups is 2. The Morgan fingerprint density at radius 1 is 0.543 bits per heavy atom. The second-order valence-electron chi connectivity index (χ2n) is 5.38. The van der Waals surface area contributed by atoms with E-state index in [1.54, 1.807) is 0 Å². The zero-order chi connectivity index (χ0) is 17.9. The van der Waals surface area contributed by atoms with Crippen LogP contribution in [-0.4, -0.2) is 89.8 Å². The van der Waals surface area contributed by atoms with Crippen molar-refractivity contribution in [1.29, 1.82) is 0 Å². The quantitative estimate of drug-likeness (QED) is 0.328. The van der Waals surface area contributed by atoms with Gasteiger partial charge in [0.05, 0.1) is 0 Å². The molecule has 0 heterocycles. The van der Waals surface area contributed by atoms with Crippen LogP contribution in [0, 0.1) is 0 Å². The van der Waals surface area contributed by atoms with Gasteiger partial charge in [0.1, 0.15) is 0 Å². The van der Waals surface area contributed by atoms with Gasteiger partial charge in [-0.05, 0) is 24.0 Å². The summed E-state index contributed by atoms with van der Waals surface area (Å²) in [5.41, 5.74) is 1.64. The van der Waals surface area contributed by atoms with E-state index < -0.39 is 23.8 Å². The minimum absolute atomic E-state index is 0. The number of benzene rings is 2. The summed E-state index contributed by atoms with van der Waals surface area (Å²) in [4.78, 5) is 21.2. The first-order chi connectivity index (χ1) is 11.5. The van der Waals surface area contributed by atoms with Crippen LogP contribution in [0.4, 0.5) is 0 Å². The molecule has 2 aromatic rings. The molecule has 0 aliphatic rings. The molecule has 2 atom stereocenters. The molecule has 2 unspecified atom stereocenters. The van der Waals surface area contributed by atoms with E-state index in [4.69, 9.17) is 0 Å². The van der Waals surface area contributed by atoms with Gasteiger partial charge in [0.15, 0.2) is 0 Å². The van der Waals surface area contributed by atoms with Gasteiger partial charge in [-0.2, -0.15) is 0 Å². The molecule has 208 valence electrons. The van der Waals surface area contributed by atoms with Gasteiger partial charge in [-0.1, -0.05) is 74.5 Å². The number of carbonyl (C=O) groups excluding carboxylic acids is 2. The summed E-state index contributed by atoms with van der Waals surface area (Å²) >= 11 is 0. The van der Waals surface area contributed by atoms with Crippen molar-refractivity contribution in [3.63, 3.8) is 0 Å². The summed E-state index contributed by atoms with van der Waals surface area (Å²) < 4.78 is 0. The van der Waals surface area contributed by atoms with Crippen molar-refractivity contribution in [2.24, 2.45) is 0 Å². The molecule has 0 aliphatic carbocycles. The first-order valence-electron chi connectivity index (χ1n) is 8.02. The van der Waals surface area contributed by atoms with Gasteiger partial charge in [0.25, 0.3) is 0 Å². The van der Waals surface area contributed by atoms with Crippen molar-refractivity contribution in [3.8, 4) is 0 Å². The molecule has 0 amide bonds. The molecular formula is C20H42MgO14. The fourth-order valence-corrected chi connectivity index (χ4v) is 2.45. The molecule has 0 spiro atoms. The first kappa shape index (κ1) is 69.8. The fourth-order valence-electron chi connectivity index (χ4n) is 2.45. The Kier molecular flexibility index (Phi) is 77.7. The summed E-state index contributed by atoms with van der Waals surface area (Å²) in [5, 5.41) is 21.2. The average molecular weight is 531 g/mol. The smallest absolute Gasteiger partial charge is 0.549 e. The molecule has 0 aromatic heterocycles. The zero-order valence-corrected chi connectivity index (χ0v) is 21.1. The third-order valence-electron chi connectivity index (χ3n) is 3.79. The second-order valence-corrected chi connectivity index (χ2v) is 5.38. The normalized spacial score (nSPS) is 8.51. The van der Waals surface area contributed by atoms with Crippen LogP contribution in [0.3, 0.4) is 0 Å². The third-order valence-corrected chi connectivity index (χ3v) is 3.79. The molecule has 2 rings (SSSR count). The van der Waals surface area contributed by atoms with E-state index in [0.29, 0.717) is 12.8 Å². The van der Waals surface area contributed by atoms with Crippen LogP contribution in [0.5, 0.6) is 0 Å². The molecule has 0 fully saturated rings. The van der Waals surface area contributed by atoms with Gasteiger partial charge in [-0.3, -0.25) is 0 Å². The number of carboxylic acid groups (broad SMARTS) is 2. The van der Waals surface area contributed by atoms with E-state index in [0.717, 1.165) is 11.1 Å². The fraction of sp³-hybridized carbons (Fsp3) is 0.300. The Morgan fingerprint density at radius 2 is 0.743 bits per heavy atom. The summed E-state index contributed by atoms with van der Waals surface area (Å²) in [6, 6.07) is 18.3. The Bertz CT molecular complexity index is 589. The monoisotopic (exact) mass is 530 g/mol. The predicted molar refractivity (Wildman–Crippen MR) is 131 cm³/mol. The SMILES string of the molecule is CCC(C(=O)[O-])c1ccccc1.CCC(C(=O)[O-])c1ccccc1.O.O.O.O.O.O.O.O.O.O.[Mg+2]. The molecule has 35 heavy (non-hydrogen) atoms. The Morgan fingerprint density at radius 3 is 0.886 bits per heavy atom. The molecule has 20 N–H and O–H groups in total. The number of rotatable bonds is 6. The van der Waals surface area contributed by atoms with Gasteiger partial charge in [-0.25, -0.2) is 0 Å². The van der Waals surface area contributed by atoms with Crippen molar-refractivity contribution in [2.45, 2.75) is 38.5 Å². The van der Waals surface area contributed by atoms with Gasteiger partial charge in [0.2, 0.25) is 0 Å². The topological polar surface area (TPSA) is 395 Å². The van der Waals surface area contributed by atoms with Crippen LogP contribution in [-0.2, 0) is 9.59 Å². The Labute approximate surface area is 219 Å². The van der Waals surface area contributed by atoms with E-state index in [1.165, 1.54) is 0 Å². The summed E-state index contributed by atoms with van der Waals surface area (Å²) in [7, 11) is 0. The summed E-state index contributed by atoms with van der Waals surface area (Å²) in [5.74, 6) is -2.93. The Balaban J connectivity index is -0.0000000278. The third kappa shape index (κ3) is 24.7. The molecule has 15 heteroatoms. The van der Waals surface area contributed by atoms with E-state index in [1.807, 2.05) is 74.5 Å². The first-order valence-corrected chi connectivity index (χ1v) is 8.02. The molecule has 0 bridgehead atoms. The van der Waals surface area contributed by atoms with Crippen molar-refractivity contribution in [2.75, 3.05) is 0 Å². The van der Waals surface area contributed by atoms with E-state index in [9.17, 15) is 19.8 Å². The minimum Gasteiger partial charge on any atom is -0.549 e. The number of hydrogen-bond donors (Lipinski definition) is 0. The largest absolute Gasteiger partial charge is 2.00 e. The molecular weight excluding hydrogens is 489 g/mol. The van der Waals surface area contributed by atoms with Gasteiger partial charge in [-0.15, -0.1) is 0 Å². The number of carboxylic acids is 2. The van der Waals surface area contributed by atoms with Crippen LogP contribution < -0.4 is 10.2 Å². The van der Waals surface area contributed by atoms with Gasteiger partial charge in [0, 0.05) is 23.8 Å². The molecule has 0 saturated heterocycles. The van der Waals surface area contributed by atoms with Crippen molar-refractivity contribution >= 4 is 35.0 Å². The van der Waals surface area contributed by atoms with Crippen LogP contribution in [0.15, 0.2) is 60.7 Å². The van der Waals surface area contributed by atoms with Crippen LogP contribution in [0.2, 0.25) is 0 Å². The molecule has 0 radical (unpaired) electrons. The zero-order valence-electron chi connectivity index (χ0n) is 19.7. The predicted octanol–water partition coefficient (Wildman–Crippen LogP) is -6.77. The van der Waals surface area contributed by atoms with Gasteiger partial charge >= 0.3 is 23.1 Å². The molecule has 0 aliphatic heterocycles. The molecule has 0 saturated carbocycles. The van der Waals surface area contributed by atoms with Crippen LogP contribution >= 0.6 is 0 Å².